The van der Waals surface area contributed by atoms with Crippen LogP contribution >= 0.6 is 0 Å². The Balaban J connectivity index is 1.84. The van der Waals surface area contributed by atoms with E-state index in [1.54, 1.807) is 12.1 Å². The molecule has 1 aromatic heterocycles. The van der Waals surface area contributed by atoms with Gasteiger partial charge in [0.2, 0.25) is 20.0 Å². The quantitative estimate of drug-likeness (QED) is 0.415. The van der Waals surface area contributed by atoms with Crippen molar-refractivity contribution in [2.45, 2.75) is 21.2 Å². The molecular formula is C18H19N3O7S3. The highest BCUT2D eigenvalue weighted by molar-refractivity contribution is 7.93. The summed E-state index contributed by atoms with van der Waals surface area (Å²) in [5, 5.41) is 0. The van der Waals surface area contributed by atoms with Crippen LogP contribution in [0.3, 0.4) is 0 Å². The molecule has 31 heavy (non-hydrogen) atoms. The van der Waals surface area contributed by atoms with E-state index in [2.05, 4.69) is 14.2 Å². The molecule has 1 heterocycles. The van der Waals surface area contributed by atoms with Crippen molar-refractivity contribution in [3.05, 3.63) is 72.7 Å². The molecule has 0 aliphatic rings. The molecule has 3 rings (SSSR count). The molecule has 0 amide bonds. The van der Waals surface area contributed by atoms with Crippen molar-refractivity contribution in [2.75, 3.05) is 11.8 Å². The average molecular weight is 486 g/mol. The van der Waals surface area contributed by atoms with Crippen LogP contribution in [0.2, 0.25) is 0 Å². The topological polar surface area (TPSA) is 152 Å². The van der Waals surface area contributed by atoms with Crippen LogP contribution in [-0.4, -0.2) is 32.3 Å². The van der Waals surface area contributed by atoms with Gasteiger partial charge in [0.05, 0.1) is 33.2 Å². The predicted molar refractivity (Wildman–Crippen MR) is 113 cm³/mol. The third-order valence-electron chi connectivity index (χ3n) is 4.11. The maximum atomic E-state index is 12.7. The maximum absolute atomic E-state index is 12.7. The van der Waals surface area contributed by atoms with Crippen LogP contribution in [0.15, 0.2) is 86.0 Å². The van der Waals surface area contributed by atoms with Crippen LogP contribution in [0.5, 0.6) is 0 Å². The van der Waals surface area contributed by atoms with Crippen LogP contribution in [-0.2, 0) is 36.6 Å². The van der Waals surface area contributed by atoms with Crippen LogP contribution in [0.1, 0.15) is 5.76 Å². The van der Waals surface area contributed by atoms with E-state index in [0.717, 1.165) is 12.1 Å². The summed E-state index contributed by atoms with van der Waals surface area (Å²) in [5.41, 5.74) is -0.0113. The molecule has 3 N–H and O–H groups in total. The fourth-order valence-corrected chi connectivity index (χ4v) is 5.51. The number of rotatable bonds is 9. The summed E-state index contributed by atoms with van der Waals surface area (Å²) in [6.45, 7) is -0.0714. The summed E-state index contributed by atoms with van der Waals surface area (Å²) in [6, 6.07) is 13.2. The van der Waals surface area contributed by atoms with Gasteiger partial charge in [-0.3, -0.25) is 4.72 Å². The summed E-state index contributed by atoms with van der Waals surface area (Å²) in [4.78, 5) is -0.685. The lowest BCUT2D eigenvalue weighted by Crippen LogP contribution is -2.23. The van der Waals surface area contributed by atoms with Crippen LogP contribution in [0, 0.1) is 0 Å². The molecule has 0 atom stereocenters. The van der Waals surface area contributed by atoms with Crippen LogP contribution in [0.4, 0.5) is 5.69 Å². The number of hydrogen-bond donors (Lipinski definition) is 3. The van der Waals surface area contributed by atoms with Crippen molar-refractivity contribution in [1.29, 1.82) is 0 Å². The zero-order valence-corrected chi connectivity index (χ0v) is 18.6. The molecule has 0 aliphatic heterocycles. The standard InChI is InChI=1S/C18H19N3O7S3/c1-19-29(22,23)17-8-3-9-18(12-17)31(26,27)21-14-5-2-7-16(11-14)30(24,25)20-13-15-6-4-10-28-15/h2-12,19-21H,13H2,1H3. The van der Waals surface area contributed by atoms with Gasteiger partial charge in [0.15, 0.2) is 0 Å². The van der Waals surface area contributed by atoms with E-state index >= 15 is 0 Å². The highest BCUT2D eigenvalue weighted by Gasteiger charge is 2.20. The lowest BCUT2D eigenvalue weighted by atomic mass is 10.3. The molecule has 166 valence electrons. The van der Waals surface area contributed by atoms with E-state index in [1.165, 1.54) is 49.7 Å². The minimum Gasteiger partial charge on any atom is -0.468 e. The van der Waals surface area contributed by atoms with Gasteiger partial charge in [0.1, 0.15) is 5.76 Å². The molecule has 3 aromatic rings. The predicted octanol–water partition coefficient (Wildman–Crippen LogP) is 1.47. The first-order valence-electron chi connectivity index (χ1n) is 8.72. The van der Waals surface area contributed by atoms with Crippen LogP contribution < -0.4 is 14.2 Å². The molecule has 0 saturated heterocycles. The molecule has 2 aromatic carbocycles. The molecule has 0 aliphatic carbocycles. The monoisotopic (exact) mass is 485 g/mol. The Hall–Kier alpha value is -2.71. The summed E-state index contributed by atoms with van der Waals surface area (Å²) < 4.78 is 86.1. The Morgan fingerprint density at radius 1 is 0.742 bits per heavy atom. The molecule has 13 heteroatoms. The van der Waals surface area contributed by atoms with Crippen molar-refractivity contribution in [3.63, 3.8) is 0 Å². The van der Waals surface area contributed by atoms with Gasteiger partial charge in [0, 0.05) is 0 Å². The van der Waals surface area contributed by atoms with Gasteiger partial charge < -0.3 is 4.42 Å². The van der Waals surface area contributed by atoms with Gasteiger partial charge in [-0.15, -0.1) is 0 Å². The number of anilines is 1. The summed E-state index contributed by atoms with van der Waals surface area (Å²) in [5.74, 6) is 0.414. The summed E-state index contributed by atoms with van der Waals surface area (Å²) >= 11 is 0. The Kier molecular flexibility index (Phi) is 6.52. The normalized spacial score (nSPS) is 12.5. The Morgan fingerprint density at radius 3 is 1.97 bits per heavy atom. The zero-order chi connectivity index (χ0) is 22.7. The summed E-state index contributed by atoms with van der Waals surface area (Å²) in [7, 11) is -10.8. The number of furan rings is 1. The van der Waals surface area contributed by atoms with E-state index in [4.69, 9.17) is 4.42 Å². The second-order valence-electron chi connectivity index (χ2n) is 6.22. The molecular weight excluding hydrogens is 466 g/mol. The average Bonchev–Trinajstić information content (AvgIpc) is 3.26. The van der Waals surface area contributed by atoms with E-state index in [1.807, 2.05) is 0 Å². The highest BCUT2D eigenvalue weighted by Crippen LogP contribution is 2.21. The Labute approximate surface area is 180 Å². The second kappa shape index (κ2) is 8.80. The SMILES string of the molecule is CNS(=O)(=O)c1cccc(S(=O)(=O)Nc2cccc(S(=O)(=O)NCc3ccco3)c2)c1. The molecule has 0 fully saturated rings. The van der Waals surface area contributed by atoms with Gasteiger partial charge in [-0.2, -0.15) is 0 Å². The molecule has 0 bridgehead atoms. The smallest absolute Gasteiger partial charge is 0.261 e. The van der Waals surface area contributed by atoms with E-state index in [0.29, 0.717) is 5.76 Å². The minimum absolute atomic E-state index is 0.0113. The van der Waals surface area contributed by atoms with Gasteiger partial charge >= 0.3 is 0 Å². The van der Waals surface area contributed by atoms with E-state index in [9.17, 15) is 25.3 Å². The first-order chi connectivity index (χ1) is 14.5. The van der Waals surface area contributed by atoms with Crippen molar-refractivity contribution in [3.8, 4) is 0 Å². The van der Waals surface area contributed by atoms with Gasteiger partial charge in [0.25, 0.3) is 10.0 Å². The fourth-order valence-electron chi connectivity index (χ4n) is 2.53. The number of nitrogens with one attached hydrogen (secondary N) is 3. The van der Waals surface area contributed by atoms with Crippen molar-refractivity contribution < 1.29 is 29.7 Å². The van der Waals surface area contributed by atoms with Crippen molar-refractivity contribution in [2.24, 2.45) is 0 Å². The first kappa shape index (κ1) is 23.0. The highest BCUT2D eigenvalue weighted by atomic mass is 32.2. The lowest BCUT2D eigenvalue weighted by molar-refractivity contribution is 0.498. The van der Waals surface area contributed by atoms with Gasteiger partial charge in [-0.1, -0.05) is 12.1 Å². The Morgan fingerprint density at radius 2 is 1.35 bits per heavy atom. The molecule has 0 spiro atoms. The number of hydrogen-bond acceptors (Lipinski definition) is 7. The minimum atomic E-state index is -4.19. The zero-order valence-electron chi connectivity index (χ0n) is 16.1. The fraction of sp³-hybridized carbons (Fsp3) is 0.111. The van der Waals surface area contributed by atoms with Gasteiger partial charge in [-0.05, 0) is 55.6 Å². The molecule has 0 unspecified atom stereocenters. The van der Waals surface area contributed by atoms with E-state index < -0.39 is 30.1 Å². The third-order valence-corrected chi connectivity index (χ3v) is 8.30. The van der Waals surface area contributed by atoms with Gasteiger partial charge in [-0.25, -0.2) is 34.7 Å². The Bertz CT molecular complexity index is 1380. The van der Waals surface area contributed by atoms with Crippen molar-refractivity contribution >= 4 is 35.8 Å². The number of sulfonamides is 3. The van der Waals surface area contributed by atoms with Crippen molar-refractivity contribution in [1.82, 2.24) is 9.44 Å². The maximum Gasteiger partial charge on any atom is 0.261 e. The lowest BCUT2D eigenvalue weighted by Gasteiger charge is -2.11. The third kappa shape index (κ3) is 5.51. The van der Waals surface area contributed by atoms with Crippen LogP contribution in [0.25, 0.3) is 0 Å². The number of benzene rings is 2. The summed E-state index contributed by atoms with van der Waals surface area (Å²) in [6.07, 6.45) is 1.41. The van der Waals surface area contributed by atoms with E-state index in [-0.39, 0.29) is 26.9 Å². The second-order valence-corrected chi connectivity index (χ2v) is 11.6. The largest absolute Gasteiger partial charge is 0.468 e. The molecule has 0 radical (unpaired) electrons. The molecule has 0 saturated carbocycles. The molecule has 10 nitrogen and oxygen atoms in total. The first-order valence-corrected chi connectivity index (χ1v) is 13.2.